The van der Waals surface area contributed by atoms with Gasteiger partial charge in [0.2, 0.25) is 0 Å². The van der Waals surface area contributed by atoms with E-state index in [1.807, 2.05) is 13.8 Å². The summed E-state index contributed by atoms with van der Waals surface area (Å²) in [5.41, 5.74) is 3.94. The molecular weight excluding hydrogens is 469 g/mol. The molecule has 0 bridgehead atoms. The lowest BCUT2D eigenvalue weighted by Gasteiger charge is -2.23. The summed E-state index contributed by atoms with van der Waals surface area (Å²) in [5, 5.41) is 2.75. The fourth-order valence-corrected chi connectivity index (χ4v) is 4.27. The van der Waals surface area contributed by atoms with Crippen LogP contribution in [0.2, 0.25) is 0 Å². The number of H-pyrrole nitrogens is 1. The monoisotopic (exact) mass is 501 g/mol. The maximum absolute atomic E-state index is 13.8. The van der Waals surface area contributed by atoms with Gasteiger partial charge in [-0.15, -0.1) is 0 Å². The number of aryl methyl sites for hydroxylation is 1. The summed E-state index contributed by atoms with van der Waals surface area (Å²) < 4.78 is 36.0. The molecule has 36 heavy (non-hydrogen) atoms. The van der Waals surface area contributed by atoms with Crippen molar-refractivity contribution in [2.45, 2.75) is 13.8 Å². The van der Waals surface area contributed by atoms with Crippen LogP contribution in [0, 0.1) is 19.7 Å². The Morgan fingerprint density at radius 2 is 1.53 bits per heavy atom. The molecule has 1 fully saturated rings. The standard InChI is InChI=1S/C26H32FN3O6/c1-17-23(16-21-20-15-19(27)3-4-22(20)29-25(21)31)28-18(2)24(17)26(32)30-5-7-33-9-11-35-13-14-36-12-10-34-8-6-30/h3-4,15-16,28H,5-14H2,1-2H3,(H,29,31). The van der Waals surface area contributed by atoms with Gasteiger partial charge in [-0.1, -0.05) is 0 Å². The molecule has 4 rings (SSSR count). The minimum Gasteiger partial charge on any atom is -0.377 e. The van der Waals surface area contributed by atoms with E-state index in [4.69, 9.17) is 18.9 Å². The quantitative estimate of drug-likeness (QED) is 0.614. The molecular formula is C26H32FN3O6. The van der Waals surface area contributed by atoms with Gasteiger partial charge >= 0.3 is 0 Å². The maximum atomic E-state index is 13.8. The number of rotatable bonds is 2. The average molecular weight is 502 g/mol. The van der Waals surface area contributed by atoms with E-state index >= 15 is 0 Å². The van der Waals surface area contributed by atoms with Gasteiger partial charge in [-0.05, 0) is 43.7 Å². The number of amides is 2. The van der Waals surface area contributed by atoms with Crippen LogP contribution < -0.4 is 5.32 Å². The number of benzene rings is 1. The van der Waals surface area contributed by atoms with Gasteiger partial charge in [0.05, 0.1) is 64.0 Å². The molecule has 194 valence electrons. The van der Waals surface area contributed by atoms with Crippen molar-refractivity contribution < 1.29 is 32.9 Å². The Labute approximate surface area is 209 Å². The zero-order valence-corrected chi connectivity index (χ0v) is 20.7. The zero-order valence-electron chi connectivity index (χ0n) is 20.7. The third-order valence-electron chi connectivity index (χ3n) is 6.16. The van der Waals surface area contributed by atoms with Gasteiger partial charge in [0, 0.05) is 35.7 Å². The number of nitrogens with one attached hydrogen (secondary N) is 2. The highest BCUT2D eigenvalue weighted by Crippen LogP contribution is 2.34. The summed E-state index contributed by atoms with van der Waals surface area (Å²) >= 11 is 0. The number of ether oxygens (including phenoxy) is 4. The number of halogens is 1. The van der Waals surface area contributed by atoms with Crippen molar-refractivity contribution in [1.82, 2.24) is 9.88 Å². The Morgan fingerprint density at radius 1 is 0.944 bits per heavy atom. The van der Waals surface area contributed by atoms with Crippen LogP contribution in [-0.4, -0.2) is 87.6 Å². The molecule has 2 aliphatic heterocycles. The van der Waals surface area contributed by atoms with Crippen LogP contribution in [0.25, 0.3) is 11.6 Å². The van der Waals surface area contributed by atoms with Gasteiger partial charge in [0.1, 0.15) is 5.82 Å². The minimum absolute atomic E-state index is 0.155. The van der Waals surface area contributed by atoms with Gasteiger partial charge in [0.25, 0.3) is 11.8 Å². The fourth-order valence-electron chi connectivity index (χ4n) is 4.27. The Balaban J connectivity index is 1.53. The summed E-state index contributed by atoms with van der Waals surface area (Å²) in [4.78, 5) is 31.1. The zero-order chi connectivity index (χ0) is 25.5. The van der Waals surface area contributed by atoms with E-state index in [0.29, 0.717) is 105 Å². The second-order valence-corrected chi connectivity index (χ2v) is 8.61. The van der Waals surface area contributed by atoms with Gasteiger partial charge in [-0.25, -0.2) is 4.39 Å². The van der Waals surface area contributed by atoms with E-state index in [1.54, 1.807) is 11.0 Å². The third-order valence-corrected chi connectivity index (χ3v) is 6.16. The molecule has 1 saturated heterocycles. The Kier molecular flexibility index (Phi) is 8.87. The third kappa shape index (κ3) is 6.19. The highest BCUT2D eigenvalue weighted by atomic mass is 19.1. The van der Waals surface area contributed by atoms with E-state index in [9.17, 15) is 14.0 Å². The number of anilines is 1. The summed E-state index contributed by atoms with van der Waals surface area (Å²) in [5.74, 6) is -0.897. The largest absolute Gasteiger partial charge is 0.377 e. The molecule has 2 aliphatic rings. The van der Waals surface area contributed by atoms with Crippen molar-refractivity contribution >= 4 is 29.2 Å². The highest BCUT2D eigenvalue weighted by molar-refractivity contribution is 6.34. The van der Waals surface area contributed by atoms with E-state index in [1.165, 1.54) is 18.2 Å². The highest BCUT2D eigenvalue weighted by Gasteiger charge is 2.27. The first kappa shape index (κ1) is 26.0. The summed E-state index contributed by atoms with van der Waals surface area (Å²) in [6.07, 6.45) is 1.66. The van der Waals surface area contributed by atoms with Crippen LogP contribution in [0.4, 0.5) is 10.1 Å². The number of hydrogen-bond acceptors (Lipinski definition) is 6. The van der Waals surface area contributed by atoms with E-state index in [2.05, 4.69) is 10.3 Å². The second kappa shape index (κ2) is 12.3. The first-order chi connectivity index (χ1) is 17.5. The molecule has 2 amide bonds. The average Bonchev–Trinajstić information content (AvgIpc) is 3.30. The minimum atomic E-state index is -0.425. The maximum Gasteiger partial charge on any atom is 0.256 e. The number of aromatic amines is 1. The molecule has 0 radical (unpaired) electrons. The van der Waals surface area contributed by atoms with E-state index in [0.717, 1.165) is 0 Å². The number of carbonyl (C=O) groups is 2. The molecule has 0 aliphatic carbocycles. The lowest BCUT2D eigenvalue weighted by molar-refractivity contribution is -0.110. The normalized spacial score (nSPS) is 19.5. The molecule has 1 aromatic carbocycles. The fraction of sp³-hybridized carbons (Fsp3) is 0.462. The molecule has 0 unspecified atom stereocenters. The predicted octanol–water partition coefficient (Wildman–Crippen LogP) is 2.79. The number of fused-ring (bicyclic) bond motifs is 1. The van der Waals surface area contributed by atoms with Crippen LogP contribution in [0.15, 0.2) is 18.2 Å². The topological polar surface area (TPSA) is 102 Å². The van der Waals surface area contributed by atoms with Crippen molar-refractivity contribution in [3.05, 3.63) is 52.1 Å². The first-order valence-corrected chi connectivity index (χ1v) is 12.1. The Bertz CT molecular complexity index is 1110. The summed E-state index contributed by atoms with van der Waals surface area (Å²) in [6, 6.07) is 4.17. The van der Waals surface area contributed by atoms with Gasteiger partial charge < -0.3 is 34.1 Å². The molecule has 10 heteroatoms. The smallest absolute Gasteiger partial charge is 0.256 e. The summed E-state index contributed by atoms with van der Waals surface area (Å²) in [7, 11) is 0. The van der Waals surface area contributed by atoms with Gasteiger partial charge in [-0.3, -0.25) is 9.59 Å². The molecule has 3 heterocycles. The van der Waals surface area contributed by atoms with E-state index in [-0.39, 0.29) is 11.8 Å². The van der Waals surface area contributed by atoms with Gasteiger partial charge in [0.15, 0.2) is 0 Å². The predicted molar refractivity (Wildman–Crippen MR) is 132 cm³/mol. The number of hydrogen-bond donors (Lipinski definition) is 2. The molecule has 9 nitrogen and oxygen atoms in total. The Morgan fingerprint density at radius 3 is 2.14 bits per heavy atom. The molecule has 1 aromatic heterocycles. The lowest BCUT2D eigenvalue weighted by atomic mass is 10.0. The molecule has 2 aromatic rings. The molecule has 0 saturated carbocycles. The SMILES string of the molecule is Cc1[nH]c(C=C2C(=O)Nc3ccc(F)cc32)c(C)c1C(=O)N1CCOCCOCCOCCOCC1. The van der Waals surface area contributed by atoms with E-state index < -0.39 is 5.82 Å². The second-order valence-electron chi connectivity index (χ2n) is 8.61. The van der Waals surface area contributed by atoms with Crippen molar-refractivity contribution in [3.8, 4) is 0 Å². The number of carbonyl (C=O) groups excluding carboxylic acids is 2. The lowest BCUT2D eigenvalue weighted by Crippen LogP contribution is -2.37. The summed E-state index contributed by atoms with van der Waals surface area (Å²) in [6.45, 7) is 7.97. The van der Waals surface area contributed by atoms with Crippen molar-refractivity contribution in [1.29, 1.82) is 0 Å². The first-order valence-electron chi connectivity index (χ1n) is 12.1. The van der Waals surface area contributed by atoms with Crippen LogP contribution in [0.5, 0.6) is 0 Å². The number of nitrogens with zero attached hydrogens (tertiary/aromatic N) is 1. The van der Waals surface area contributed by atoms with Crippen LogP contribution in [0.3, 0.4) is 0 Å². The molecule has 0 atom stereocenters. The molecule has 2 N–H and O–H groups in total. The van der Waals surface area contributed by atoms with Crippen LogP contribution in [-0.2, 0) is 23.7 Å². The Hall–Kier alpha value is -3.05. The van der Waals surface area contributed by atoms with Crippen molar-refractivity contribution in [2.75, 3.05) is 71.3 Å². The number of aromatic nitrogens is 1. The van der Waals surface area contributed by atoms with Crippen LogP contribution in [0.1, 0.15) is 32.9 Å². The van der Waals surface area contributed by atoms with Crippen molar-refractivity contribution in [3.63, 3.8) is 0 Å². The van der Waals surface area contributed by atoms with Gasteiger partial charge in [-0.2, -0.15) is 0 Å². The molecule has 0 spiro atoms. The van der Waals surface area contributed by atoms with Crippen molar-refractivity contribution in [2.24, 2.45) is 0 Å². The van der Waals surface area contributed by atoms with Crippen LogP contribution >= 0.6 is 0 Å².